The van der Waals surface area contributed by atoms with Crippen molar-refractivity contribution in [2.75, 3.05) is 5.32 Å². The summed E-state index contributed by atoms with van der Waals surface area (Å²) in [5.74, 6) is -0.214. The van der Waals surface area contributed by atoms with Crippen LogP contribution in [-0.2, 0) is 0 Å². The maximum Gasteiger partial charge on any atom is 0.293 e. The summed E-state index contributed by atoms with van der Waals surface area (Å²) in [6.07, 6.45) is 4.93. The Kier molecular flexibility index (Phi) is 5.11. The van der Waals surface area contributed by atoms with Gasteiger partial charge in [0.1, 0.15) is 0 Å². The van der Waals surface area contributed by atoms with Crippen molar-refractivity contribution in [3.63, 3.8) is 0 Å². The number of nitrogens with one attached hydrogen (secondary N) is 1. The lowest BCUT2D eigenvalue weighted by Crippen LogP contribution is -2.14. The Bertz CT molecular complexity index is 940. The van der Waals surface area contributed by atoms with Crippen molar-refractivity contribution in [3.05, 3.63) is 69.4 Å². The van der Waals surface area contributed by atoms with Gasteiger partial charge in [0.05, 0.1) is 17.7 Å². The predicted octanol–water partition coefficient (Wildman–Crippen LogP) is 4.50. The van der Waals surface area contributed by atoms with Crippen molar-refractivity contribution in [2.24, 2.45) is 0 Å². The second kappa shape index (κ2) is 7.46. The van der Waals surface area contributed by atoms with E-state index in [2.05, 4.69) is 20.5 Å². The molecule has 3 rings (SSSR count). The molecule has 2 heterocycles. The highest BCUT2D eigenvalue weighted by atomic mass is 35.5. The zero-order valence-electron chi connectivity index (χ0n) is 13.0. The molecule has 0 aliphatic heterocycles. The Hall–Kier alpha value is -2.70. The van der Waals surface area contributed by atoms with Gasteiger partial charge in [0, 0.05) is 10.0 Å². The summed E-state index contributed by atoms with van der Waals surface area (Å²) < 4.78 is 5.02. The number of furan rings is 1. The molecule has 0 unspecified atom stereocenters. The number of nitrogens with zero attached hydrogens (tertiary/aromatic N) is 3. The van der Waals surface area contributed by atoms with Gasteiger partial charge in [-0.15, -0.1) is 10.2 Å². The Morgan fingerprint density at radius 3 is 2.76 bits per heavy atom. The van der Waals surface area contributed by atoms with Crippen LogP contribution in [-0.4, -0.2) is 21.1 Å². The van der Waals surface area contributed by atoms with E-state index in [1.807, 2.05) is 0 Å². The number of anilines is 1. The van der Waals surface area contributed by atoms with E-state index < -0.39 is 5.91 Å². The highest BCUT2D eigenvalue weighted by molar-refractivity contribution is 6.35. The van der Waals surface area contributed by atoms with E-state index in [0.717, 1.165) is 5.56 Å². The molecule has 3 aromatic rings. The molecule has 0 spiro atoms. The van der Waals surface area contributed by atoms with Crippen LogP contribution in [0.4, 0.5) is 5.95 Å². The van der Waals surface area contributed by atoms with E-state index in [-0.39, 0.29) is 11.7 Å². The number of rotatable bonds is 4. The lowest BCUT2D eigenvalue weighted by molar-refractivity contribution is 0.0995. The number of hydrogen-bond acceptors (Lipinski definition) is 5. The van der Waals surface area contributed by atoms with Gasteiger partial charge in [0.2, 0.25) is 5.95 Å². The topological polar surface area (TPSA) is 80.9 Å². The van der Waals surface area contributed by atoms with Gasteiger partial charge in [-0.2, -0.15) is 0 Å². The average Bonchev–Trinajstić information content (AvgIpc) is 3.11. The molecule has 0 radical (unpaired) electrons. The van der Waals surface area contributed by atoms with Gasteiger partial charge in [-0.3, -0.25) is 10.1 Å². The molecule has 2 aromatic heterocycles. The number of carbonyl (C=O) groups is 1. The first-order chi connectivity index (χ1) is 12.0. The molecular formula is C17H12Cl2N4O2. The van der Waals surface area contributed by atoms with Gasteiger partial charge < -0.3 is 4.42 Å². The second-order valence-corrected chi connectivity index (χ2v) is 5.88. The first-order valence-electron chi connectivity index (χ1n) is 7.22. The minimum atomic E-state index is -0.452. The largest absolute Gasteiger partial charge is 0.459 e. The Morgan fingerprint density at radius 1 is 1.20 bits per heavy atom. The minimum absolute atomic E-state index is 0.0776. The number of hydrogen-bond donors (Lipinski definition) is 1. The zero-order valence-corrected chi connectivity index (χ0v) is 14.5. The first-order valence-corrected chi connectivity index (χ1v) is 7.98. The van der Waals surface area contributed by atoms with E-state index in [1.54, 1.807) is 49.4 Å². The molecule has 0 bridgehead atoms. The van der Waals surface area contributed by atoms with Crippen LogP contribution in [0.25, 0.3) is 12.2 Å². The zero-order chi connectivity index (χ0) is 17.8. The molecule has 0 aliphatic carbocycles. The van der Waals surface area contributed by atoms with Crippen molar-refractivity contribution >= 4 is 47.2 Å². The third-order valence-electron chi connectivity index (χ3n) is 3.25. The molecule has 0 aliphatic rings. The lowest BCUT2D eigenvalue weighted by atomic mass is 10.2. The van der Waals surface area contributed by atoms with Crippen molar-refractivity contribution in [1.29, 1.82) is 0 Å². The van der Waals surface area contributed by atoms with Crippen molar-refractivity contribution in [2.45, 2.75) is 6.92 Å². The minimum Gasteiger partial charge on any atom is -0.459 e. The smallest absolute Gasteiger partial charge is 0.293 e. The number of aromatic nitrogens is 3. The van der Waals surface area contributed by atoms with Gasteiger partial charge in [0.15, 0.2) is 5.76 Å². The summed E-state index contributed by atoms with van der Waals surface area (Å²) in [4.78, 5) is 16.2. The Balaban J connectivity index is 1.82. The monoisotopic (exact) mass is 374 g/mol. The quantitative estimate of drug-likeness (QED) is 0.726. The Labute approximate surface area is 153 Å². The molecule has 0 saturated carbocycles. The van der Waals surface area contributed by atoms with Crippen molar-refractivity contribution in [1.82, 2.24) is 15.2 Å². The lowest BCUT2D eigenvalue weighted by Gasteiger charge is -2.04. The molecule has 1 N–H and O–H groups in total. The highest BCUT2D eigenvalue weighted by Gasteiger charge is 2.11. The summed E-state index contributed by atoms with van der Waals surface area (Å²) in [5, 5.41) is 11.5. The van der Waals surface area contributed by atoms with E-state index in [9.17, 15) is 4.79 Å². The molecule has 6 nitrogen and oxygen atoms in total. The van der Waals surface area contributed by atoms with Gasteiger partial charge in [-0.1, -0.05) is 35.3 Å². The second-order valence-electron chi connectivity index (χ2n) is 5.04. The van der Waals surface area contributed by atoms with Crippen LogP contribution in [0.5, 0.6) is 0 Å². The van der Waals surface area contributed by atoms with E-state index >= 15 is 0 Å². The van der Waals surface area contributed by atoms with Crippen LogP contribution >= 0.6 is 23.2 Å². The fraction of sp³-hybridized carbons (Fsp3) is 0.0588. The van der Waals surface area contributed by atoms with E-state index in [0.29, 0.717) is 21.4 Å². The average molecular weight is 375 g/mol. The number of aryl methyl sites for hydroxylation is 1. The molecule has 0 fully saturated rings. The van der Waals surface area contributed by atoms with Gasteiger partial charge in [-0.25, -0.2) is 4.98 Å². The molecule has 0 saturated heterocycles. The summed E-state index contributed by atoms with van der Waals surface area (Å²) in [6.45, 7) is 1.77. The normalized spacial score (nSPS) is 11.0. The molecule has 1 aromatic carbocycles. The SMILES string of the molecule is Cc1nnc(NC(=O)c2ccco2)nc1C=Cc1ccc(Cl)cc1Cl. The van der Waals surface area contributed by atoms with Crippen LogP contribution in [0, 0.1) is 6.92 Å². The van der Waals surface area contributed by atoms with Crippen LogP contribution in [0.15, 0.2) is 41.0 Å². The maximum absolute atomic E-state index is 12.0. The summed E-state index contributed by atoms with van der Waals surface area (Å²) in [5.41, 5.74) is 1.94. The summed E-state index contributed by atoms with van der Waals surface area (Å²) in [6, 6.07) is 8.36. The van der Waals surface area contributed by atoms with E-state index in [1.165, 1.54) is 6.26 Å². The van der Waals surface area contributed by atoms with Crippen LogP contribution in [0.1, 0.15) is 27.5 Å². The fourth-order valence-electron chi connectivity index (χ4n) is 1.98. The molecule has 1 amide bonds. The number of halogens is 2. The van der Waals surface area contributed by atoms with Crippen molar-refractivity contribution < 1.29 is 9.21 Å². The molecule has 8 heteroatoms. The third-order valence-corrected chi connectivity index (χ3v) is 3.81. The number of benzene rings is 1. The van der Waals surface area contributed by atoms with Crippen LogP contribution in [0.2, 0.25) is 10.0 Å². The first kappa shape index (κ1) is 17.1. The molecular weight excluding hydrogens is 363 g/mol. The number of carbonyl (C=O) groups excluding carboxylic acids is 1. The molecule has 0 atom stereocenters. The van der Waals surface area contributed by atoms with Crippen LogP contribution < -0.4 is 5.32 Å². The van der Waals surface area contributed by atoms with Gasteiger partial charge >= 0.3 is 0 Å². The summed E-state index contributed by atoms with van der Waals surface area (Å²) in [7, 11) is 0. The molecule has 25 heavy (non-hydrogen) atoms. The standard InChI is InChI=1S/C17H12Cl2N4O2/c1-10-14(7-5-11-4-6-12(18)9-13(11)19)20-17(23-22-10)21-16(24)15-3-2-8-25-15/h2-9H,1H3,(H,20,21,23,24). The predicted molar refractivity (Wildman–Crippen MR) is 96.6 cm³/mol. The molecule has 126 valence electrons. The van der Waals surface area contributed by atoms with E-state index in [4.69, 9.17) is 27.6 Å². The fourth-order valence-corrected chi connectivity index (χ4v) is 2.45. The highest BCUT2D eigenvalue weighted by Crippen LogP contribution is 2.23. The van der Waals surface area contributed by atoms with Crippen molar-refractivity contribution in [3.8, 4) is 0 Å². The Morgan fingerprint density at radius 2 is 2.04 bits per heavy atom. The maximum atomic E-state index is 12.0. The third kappa shape index (κ3) is 4.23. The van der Waals surface area contributed by atoms with Gasteiger partial charge in [0.25, 0.3) is 5.91 Å². The van der Waals surface area contributed by atoms with Gasteiger partial charge in [-0.05, 0) is 42.8 Å². The van der Waals surface area contributed by atoms with Crippen LogP contribution in [0.3, 0.4) is 0 Å². The summed E-state index contributed by atoms with van der Waals surface area (Å²) >= 11 is 12.0. The number of amides is 1.